The predicted octanol–water partition coefficient (Wildman–Crippen LogP) is 9.04. The molecule has 0 heterocycles. The van der Waals surface area contributed by atoms with Crippen LogP contribution in [0.3, 0.4) is 0 Å². The van der Waals surface area contributed by atoms with Crippen LogP contribution in [0.1, 0.15) is 41.5 Å². The lowest BCUT2D eigenvalue weighted by Crippen LogP contribution is -2.40. The number of benzene rings is 1. The minimum absolute atomic E-state index is 0.0985. The van der Waals surface area contributed by atoms with Crippen molar-refractivity contribution in [3.63, 3.8) is 0 Å². The highest BCUT2D eigenvalue weighted by atomic mass is 15.2. The average Bonchev–Trinajstić information content (AvgIpc) is 2.77. The summed E-state index contributed by atoms with van der Waals surface area (Å²) >= 11 is 0. The molecule has 0 aliphatic carbocycles. The number of hydrogen-bond acceptors (Lipinski definition) is 2. The van der Waals surface area contributed by atoms with Gasteiger partial charge in [-0.05, 0) is 90.1 Å². The van der Waals surface area contributed by atoms with Crippen LogP contribution in [0.5, 0.6) is 0 Å². The average molecular weight is 441 g/mol. The van der Waals surface area contributed by atoms with Gasteiger partial charge in [0.25, 0.3) is 0 Å². The fourth-order valence-electron chi connectivity index (χ4n) is 3.54. The lowest BCUT2D eigenvalue weighted by molar-refractivity contribution is 0.546. The van der Waals surface area contributed by atoms with Crippen LogP contribution < -0.4 is 9.80 Å². The molecule has 0 fully saturated rings. The molecule has 0 aromatic heterocycles. The van der Waals surface area contributed by atoms with E-state index in [1.807, 2.05) is 43.4 Å². The molecule has 33 heavy (non-hydrogen) atoms. The molecular formula is C31H40N2. The first-order valence-electron chi connectivity index (χ1n) is 11.3. The minimum Gasteiger partial charge on any atom is -0.336 e. The van der Waals surface area contributed by atoms with Crippen molar-refractivity contribution in [3.8, 4) is 0 Å². The Morgan fingerprint density at radius 2 is 1.36 bits per heavy atom. The molecule has 2 nitrogen and oxygen atoms in total. The Balaban J connectivity index is 3.60. The fraction of sp³-hybridized carbons (Fsp3) is 0.226. The van der Waals surface area contributed by atoms with Crippen molar-refractivity contribution >= 4 is 11.4 Å². The van der Waals surface area contributed by atoms with Crippen molar-refractivity contribution in [3.05, 3.63) is 134 Å². The Hall–Kier alpha value is -3.52. The lowest BCUT2D eigenvalue weighted by atomic mass is 10.0. The van der Waals surface area contributed by atoms with Crippen LogP contribution in [0, 0.1) is 0 Å². The molecular weight excluding hydrogens is 400 g/mol. The Labute approximate surface area is 202 Å². The van der Waals surface area contributed by atoms with Gasteiger partial charge in [0.1, 0.15) is 0 Å². The quantitative estimate of drug-likeness (QED) is 0.317. The highest BCUT2D eigenvalue weighted by Crippen LogP contribution is 2.33. The van der Waals surface area contributed by atoms with Crippen LogP contribution in [0.2, 0.25) is 0 Å². The van der Waals surface area contributed by atoms with E-state index >= 15 is 0 Å². The van der Waals surface area contributed by atoms with Gasteiger partial charge in [-0.2, -0.15) is 0 Å². The molecule has 0 unspecified atom stereocenters. The molecule has 0 aliphatic heterocycles. The summed E-state index contributed by atoms with van der Waals surface area (Å²) in [5.41, 5.74) is 5.35. The molecule has 1 aromatic carbocycles. The summed E-state index contributed by atoms with van der Waals surface area (Å²) in [5, 5.41) is 0. The van der Waals surface area contributed by atoms with E-state index in [9.17, 15) is 0 Å². The van der Waals surface area contributed by atoms with Crippen LogP contribution in [0.15, 0.2) is 134 Å². The second-order valence-electron chi connectivity index (χ2n) is 8.42. The summed E-state index contributed by atoms with van der Waals surface area (Å²) in [7, 11) is 0. The highest BCUT2D eigenvalue weighted by molar-refractivity contribution is 5.66. The van der Waals surface area contributed by atoms with E-state index in [0.29, 0.717) is 0 Å². The predicted molar refractivity (Wildman–Crippen MR) is 150 cm³/mol. The first-order valence-corrected chi connectivity index (χ1v) is 11.3. The lowest BCUT2D eigenvalue weighted by Gasteiger charge is -2.39. The van der Waals surface area contributed by atoms with E-state index in [1.54, 1.807) is 12.2 Å². The van der Waals surface area contributed by atoms with Crippen molar-refractivity contribution in [1.82, 2.24) is 0 Å². The molecule has 174 valence electrons. The zero-order chi connectivity index (χ0) is 24.9. The van der Waals surface area contributed by atoms with Gasteiger partial charge in [0.2, 0.25) is 0 Å². The van der Waals surface area contributed by atoms with Gasteiger partial charge in [-0.3, -0.25) is 0 Å². The van der Waals surface area contributed by atoms with Gasteiger partial charge >= 0.3 is 0 Å². The molecule has 0 saturated carbocycles. The van der Waals surface area contributed by atoms with Crippen molar-refractivity contribution < 1.29 is 0 Å². The second kappa shape index (κ2) is 13.8. The molecule has 0 N–H and O–H groups in total. The molecule has 0 radical (unpaired) electrons. The maximum Gasteiger partial charge on any atom is 0.0459 e. The van der Waals surface area contributed by atoms with Gasteiger partial charge in [-0.25, -0.2) is 0 Å². The summed E-state index contributed by atoms with van der Waals surface area (Å²) in [5.74, 6) is 0. The molecule has 0 saturated heterocycles. The number of hydrogen-bond donors (Lipinski definition) is 0. The number of allylic oxidation sites excluding steroid dienone is 13. The SMILES string of the molecule is C=C/C=C\C=C(/C)N(C(/C=C\C)=C/C=C)c1ccc(N(C(/C=C\C=C)=C/C)C(C)(C)C)cc1. The van der Waals surface area contributed by atoms with Gasteiger partial charge in [0, 0.05) is 34.0 Å². The standard InChI is InChI=1S/C31H40N2/c1-10-15-17-20-26(6)32(28(18-12-3)19-13-4)29-22-24-30(25-23-29)33(31(7,8)9)27(14-5)21-16-11-2/h10-25H,1-3H2,4-9H3/b17-15-,19-13-,21-16-,26-20+,27-14+,28-18+. The third-order valence-electron chi connectivity index (χ3n) is 4.82. The van der Waals surface area contributed by atoms with Crippen LogP contribution in [0.25, 0.3) is 0 Å². The number of nitrogens with zero attached hydrogens (tertiary/aromatic N) is 2. The van der Waals surface area contributed by atoms with E-state index in [1.165, 1.54) is 0 Å². The summed E-state index contributed by atoms with van der Waals surface area (Å²) in [6, 6.07) is 8.67. The Bertz CT molecular complexity index is 971. The summed E-state index contributed by atoms with van der Waals surface area (Å²) in [4.78, 5) is 4.55. The van der Waals surface area contributed by atoms with E-state index in [0.717, 1.165) is 28.5 Å². The Morgan fingerprint density at radius 1 is 0.758 bits per heavy atom. The highest BCUT2D eigenvalue weighted by Gasteiger charge is 2.24. The monoisotopic (exact) mass is 440 g/mol. The van der Waals surface area contributed by atoms with Gasteiger partial charge in [0.05, 0.1) is 0 Å². The Kier molecular flexibility index (Phi) is 11.5. The van der Waals surface area contributed by atoms with Crippen LogP contribution in [0.4, 0.5) is 11.4 Å². The Morgan fingerprint density at radius 3 is 1.85 bits per heavy atom. The zero-order valence-corrected chi connectivity index (χ0v) is 21.3. The van der Waals surface area contributed by atoms with E-state index < -0.39 is 0 Å². The van der Waals surface area contributed by atoms with Gasteiger partial charge in [-0.15, -0.1) is 0 Å². The normalized spacial score (nSPS) is 13.7. The number of rotatable bonds is 11. The van der Waals surface area contributed by atoms with E-state index in [-0.39, 0.29) is 5.54 Å². The van der Waals surface area contributed by atoms with E-state index in [2.05, 4.69) is 113 Å². The maximum absolute atomic E-state index is 3.90. The van der Waals surface area contributed by atoms with Crippen LogP contribution in [-0.2, 0) is 0 Å². The van der Waals surface area contributed by atoms with E-state index in [4.69, 9.17) is 0 Å². The van der Waals surface area contributed by atoms with Crippen molar-refractivity contribution in [2.24, 2.45) is 0 Å². The molecule has 0 spiro atoms. The smallest absolute Gasteiger partial charge is 0.0459 e. The third kappa shape index (κ3) is 8.16. The first kappa shape index (κ1) is 27.5. The minimum atomic E-state index is -0.0985. The summed E-state index contributed by atoms with van der Waals surface area (Å²) in [6.07, 6.45) is 23.7. The first-order chi connectivity index (χ1) is 15.7. The summed E-state index contributed by atoms with van der Waals surface area (Å²) < 4.78 is 0. The molecule has 1 rings (SSSR count). The van der Waals surface area contributed by atoms with Gasteiger partial charge < -0.3 is 9.80 Å². The number of anilines is 2. The second-order valence-corrected chi connectivity index (χ2v) is 8.42. The molecule has 0 bridgehead atoms. The molecule has 0 atom stereocenters. The third-order valence-corrected chi connectivity index (χ3v) is 4.82. The van der Waals surface area contributed by atoms with Crippen molar-refractivity contribution in [1.29, 1.82) is 0 Å². The maximum atomic E-state index is 3.90. The molecule has 0 aliphatic rings. The van der Waals surface area contributed by atoms with Crippen molar-refractivity contribution in [2.45, 2.75) is 47.1 Å². The molecule has 2 heteroatoms. The van der Waals surface area contributed by atoms with Crippen molar-refractivity contribution in [2.75, 3.05) is 9.80 Å². The molecule has 1 aromatic rings. The largest absolute Gasteiger partial charge is 0.336 e. The molecule has 0 amide bonds. The van der Waals surface area contributed by atoms with Crippen LogP contribution >= 0.6 is 0 Å². The fourth-order valence-corrected chi connectivity index (χ4v) is 3.54. The topological polar surface area (TPSA) is 6.48 Å². The zero-order valence-electron chi connectivity index (χ0n) is 21.3. The summed E-state index contributed by atoms with van der Waals surface area (Å²) in [6.45, 7) is 24.3. The van der Waals surface area contributed by atoms with Crippen LogP contribution in [-0.4, -0.2) is 5.54 Å². The van der Waals surface area contributed by atoms with Gasteiger partial charge in [-0.1, -0.05) is 68.3 Å². The van der Waals surface area contributed by atoms with Gasteiger partial charge in [0.15, 0.2) is 0 Å².